The number of nitrogens with one attached hydrogen (secondary N) is 1. The Morgan fingerprint density at radius 1 is 1.15 bits per heavy atom. The van der Waals surface area contributed by atoms with Gasteiger partial charge < -0.3 is 19.7 Å². The summed E-state index contributed by atoms with van der Waals surface area (Å²) in [6, 6.07) is 7.84. The fourth-order valence-corrected chi connectivity index (χ4v) is 2.96. The molecule has 144 valence electrons. The highest BCUT2D eigenvalue weighted by Crippen LogP contribution is 2.25. The molecule has 2 heterocycles. The molecule has 1 aromatic heterocycles. The van der Waals surface area contributed by atoms with Crippen molar-refractivity contribution in [1.82, 2.24) is 14.9 Å². The van der Waals surface area contributed by atoms with E-state index in [-0.39, 0.29) is 17.6 Å². The average molecular weight is 370 g/mol. The first kappa shape index (κ1) is 18.9. The highest BCUT2D eigenvalue weighted by molar-refractivity contribution is 5.89. The van der Waals surface area contributed by atoms with Crippen LogP contribution in [0.5, 0.6) is 11.8 Å². The molecule has 1 unspecified atom stereocenters. The Bertz CT molecular complexity index is 787. The molecule has 2 amide bonds. The van der Waals surface area contributed by atoms with E-state index in [1.165, 1.54) is 12.7 Å². The summed E-state index contributed by atoms with van der Waals surface area (Å²) in [5.41, 5.74) is 2.10. The molecule has 2 aromatic rings. The molecule has 0 spiro atoms. The third-order valence-electron chi connectivity index (χ3n) is 4.54. The second-order valence-corrected chi connectivity index (χ2v) is 7.60. The summed E-state index contributed by atoms with van der Waals surface area (Å²) in [4.78, 5) is 22.5. The maximum atomic E-state index is 12.5. The number of benzene rings is 1. The lowest BCUT2D eigenvalue weighted by Crippen LogP contribution is -2.34. The van der Waals surface area contributed by atoms with Gasteiger partial charge in [-0.05, 0) is 23.1 Å². The van der Waals surface area contributed by atoms with E-state index in [2.05, 4.69) is 36.1 Å². The SMILES string of the molecule is COc1nccnc1OC1CCN(C(=O)Nc2ccc(C(C)(C)C)cc2)C1. The average Bonchev–Trinajstić information content (AvgIpc) is 3.10. The smallest absolute Gasteiger partial charge is 0.321 e. The van der Waals surface area contributed by atoms with Gasteiger partial charge in [-0.15, -0.1) is 0 Å². The van der Waals surface area contributed by atoms with Crippen molar-refractivity contribution in [3.63, 3.8) is 0 Å². The van der Waals surface area contributed by atoms with Crippen molar-refractivity contribution in [2.24, 2.45) is 0 Å². The number of rotatable bonds is 4. The number of aromatic nitrogens is 2. The second kappa shape index (κ2) is 7.82. The minimum Gasteiger partial charge on any atom is -0.477 e. The van der Waals surface area contributed by atoms with Crippen LogP contribution in [0.4, 0.5) is 10.5 Å². The highest BCUT2D eigenvalue weighted by atomic mass is 16.5. The molecule has 3 rings (SSSR count). The standard InChI is InChI=1S/C20H26N4O3/c1-20(2,3)14-5-7-15(8-6-14)23-19(25)24-12-9-16(13-24)27-18-17(26-4)21-10-11-22-18/h5-8,10-11,16H,9,12-13H2,1-4H3,(H,23,25). The zero-order chi connectivity index (χ0) is 19.4. The van der Waals surface area contributed by atoms with Crippen LogP contribution in [0.15, 0.2) is 36.7 Å². The largest absolute Gasteiger partial charge is 0.477 e. The number of nitrogens with zero attached hydrogens (tertiary/aromatic N) is 3. The van der Waals surface area contributed by atoms with Crippen LogP contribution in [0.2, 0.25) is 0 Å². The molecule has 0 saturated carbocycles. The van der Waals surface area contributed by atoms with E-state index in [1.54, 1.807) is 17.3 Å². The number of methoxy groups -OCH3 is 1. The van der Waals surface area contributed by atoms with Gasteiger partial charge in [-0.25, -0.2) is 14.8 Å². The van der Waals surface area contributed by atoms with Crippen LogP contribution >= 0.6 is 0 Å². The van der Waals surface area contributed by atoms with Gasteiger partial charge in [0.2, 0.25) is 0 Å². The monoisotopic (exact) mass is 370 g/mol. The molecule has 1 saturated heterocycles. The van der Waals surface area contributed by atoms with Crippen molar-refractivity contribution < 1.29 is 14.3 Å². The van der Waals surface area contributed by atoms with Gasteiger partial charge in [0.15, 0.2) is 0 Å². The minimum atomic E-state index is -0.135. The quantitative estimate of drug-likeness (QED) is 0.892. The molecule has 7 heteroatoms. The lowest BCUT2D eigenvalue weighted by molar-refractivity contribution is 0.182. The van der Waals surface area contributed by atoms with E-state index in [1.807, 2.05) is 24.3 Å². The van der Waals surface area contributed by atoms with Crippen molar-refractivity contribution in [3.05, 3.63) is 42.2 Å². The Morgan fingerprint density at radius 2 is 1.81 bits per heavy atom. The molecule has 1 aromatic carbocycles. The van der Waals surface area contributed by atoms with Crippen LogP contribution in [-0.2, 0) is 5.41 Å². The molecule has 0 aliphatic carbocycles. The summed E-state index contributed by atoms with van der Waals surface area (Å²) in [5.74, 6) is 0.698. The van der Waals surface area contributed by atoms with Gasteiger partial charge in [0.1, 0.15) is 6.10 Å². The molecule has 1 aliphatic heterocycles. The fraction of sp³-hybridized carbons (Fsp3) is 0.450. The normalized spacial score (nSPS) is 16.9. The molecule has 27 heavy (non-hydrogen) atoms. The third-order valence-corrected chi connectivity index (χ3v) is 4.54. The maximum absolute atomic E-state index is 12.5. The van der Waals surface area contributed by atoms with Crippen LogP contribution in [0.3, 0.4) is 0 Å². The van der Waals surface area contributed by atoms with Crippen LogP contribution < -0.4 is 14.8 Å². The van der Waals surface area contributed by atoms with E-state index in [4.69, 9.17) is 9.47 Å². The predicted molar refractivity (Wildman–Crippen MR) is 103 cm³/mol. The van der Waals surface area contributed by atoms with E-state index in [9.17, 15) is 4.79 Å². The minimum absolute atomic E-state index is 0.0867. The molecule has 0 radical (unpaired) electrons. The van der Waals surface area contributed by atoms with Crippen LogP contribution in [0.1, 0.15) is 32.8 Å². The van der Waals surface area contributed by atoms with Crippen LogP contribution in [0.25, 0.3) is 0 Å². The molecule has 1 fully saturated rings. The molecule has 1 atom stereocenters. The number of carbonyl (C=O) groups excluding carboxylic acids is 1. The topological polar surface area (TPSA) is 76.6 Å². The maximum Gasteiger partial charge on any atom is 0.321 e. The molecule has 0 bridgehead atoms. The number of anilines is 1. The van der Waals surface area contributed by atoms with Crippen molar-refractivity contribution in [2.75, 3.05) is 25.5 Å². The summed E-state index contributed by atoms with van der Waals surface area (Å²) < 4.78 is 11.0. The third kappa shape index (κ3) is 4.67. The molecule has 1 N–H and O–H groups in total. The Hall–Kier alpha value is -2.83. The summed E-state index contributed by atoms with van der Waals surface area (Å²) in [5, 5.41) is 2.95. The summed E-state index contributed by atoms with van der Waals surface area (Å²) >= 11 is 0. The first-order chi connectivity index (χ1) is 12.9. The van der Waals surface area contributed by atoms with Gasteiger partial charge in [-0.2, -0.15) is 0 Å². The number of carbonyl (C=O) groups is 1. The second-order valence-electron chi connectivity index (χ2n) is 7.60. The zero-order valence-electron chi connectivity index (χ0n) is 16.2. The summed E-state index contributed by atoms with van der Waals surface area (Å²) in [7, 11) is 1.52. The number of hydrogen-bond acceptors (Lipinski definition) is 5. The van der Waals surface area contributed by atoms with Gasteiger partial charge >= 0.3 is 6.03 Å². The Kier molecular flexibility index (Phi) is 5.48. The van der Waals surface area contributed by atoms with Gasteiger partial charge in [0.05, 0.1) is 13.7 Å². The van der Waals surface area contributed by atoms with E-state index >= 15 is 0 Å². The van der Waals surface area contributed by atoms with Crippen molar-refractivity contribution in [2.45, 2.75) is 38.7 Å². The molecule has 1 aliphatic rings. The van der Waals surface area contributed by atoms with E-state index in [0.717, 1.165) is 12.1 Å². The van der Waals surface area contributed by atoms with Crippen molar-refractivity contribution >= 4 is 11.7 Å². The first-order valence-corrected chi connectivity index (χ1v) is 9.05. The predicted octanol–water partition coefficient (Wildman–Crippen LogP) is 3.47. The Balaban J connectivity index is 1.56. The summed E-state index contributed by atoms with van der Waals surface area (Å²) in [6.45, 7) is 7.61. The fourth-order valence-electron chi connectivity index (χ4n) is 2.96. The van der Waals surface area contributed by atoms with E-state index in [0.29, 0.717) is 24.8 Å². The summed E-state index contributed by atoms with van der Waals surface area (Å²) in [6.07, 6.45) is 3.70. The number of urea groups is 1. The number of hydrogen-bond donors (Lipinski definition) is 1. The number of amides is 2. The lowest BCUT2D eigenvalue weighted by atomic mass is 9.87. The molecular weight excluding hydrogens is 344 g/mol. The molecular formula is C20H26N4O3. The van der Waals surface area contributed by atoms with Crippen molar-refractivity contribution in [3.8, 4) is 11.8 Å². The first-order valence-electron chi connectivity index (χ1n) is 9.05. The van der Waals surface area contributed by atoms with Crippen LogP contribution in [-0.4, -0.2) is 47.2 Å². The van der Waals surface area contributed by atoms with Gasteiger partial charge in [0, 0.05) is 31.0 Å². The van der Waals surface area contributed by atoms with Crippen molar-refractivity contribution in [1.29, 1.82) is 0 Å². The Morgan fingerprint density at radius 3 is 2.44 bits per heavy atom. The van der Waals surface area contributed by atoms with E-state index < -0.39 is 0 Å². The zero-order valence-corrected chi connectivity index (χ0v) is 16.2. The number of ether oxygens (including phenoxy) is 2. The van der Waals surface area contributed by atoms with Crippen LogP contribution in [0, 0.1) is 0 Å². The molecule has 7 nitrogen and oxygen atoms in total. The van der Waals surface area contributed by atoms with Gasteiger partial charge in [-0.1, -0.05) is 32.9 Å². The van der Waals surface area contributed by atoms with Gasteiger partial charge in [-0.3, -0.25) is 0 Å². The number of likely N-dealkylation sites (tertiary alicyclic amines) is 1. The Labute approximate surface area is 159 Å². The van der Waals surface area contributed by atoms with Gasteiger partial charge in [0.25, 0.3) is 11.8 Å². The highest BCUT2D eigenvalue weighted by Gasteiger charge is 2.29. The lowest BCUT2D eigenvalue weighted by Gasteiger charge is -2.20.